The number of nitrogens with one attached hydrogen (secondary N) is 1. The van der Waals surface area contributed by atoms with Gasteiger partial charge >= 0.3 is 5.51 Å². The summed E-state index contributed by atoms with van der Waals surface area (Å²) in [6.45, 7) is 4.05. The zero-order chi connectivity index (χ0) is 20.7. The minimum atomic E-state index is -4.26. The first-order valence-electron chi connectivity index (χ1n) is 8.08. The highest BCUT2D eigenvalue weighted by molar-refractivity contribution is 8.00. The summed E-state index contributed by atoms with van der Waals surface area (Å²) in [7, 11) is 1.88. The van der Waals surface area contributed by atoms with Crippen LogP contribution >= 0.6 is 34.4 Å². The monoisotopic (exact) mass is 445 g/mol. The average Bonchev–Trinajstić information content (AvgIpc) is 3.22. The fourth-order valence-corrected chi connectivity index (χ4v) is 4.34. The number of anilines is 1. The van der Waals surface area contributed by atoms with Crippen LogP contribution in [0.2, 0.25) is 0 Å². The number of hydrogen-bond acceptors (Lipinski definition) is 7. The lowest BCUT2D eigenvalue weighted by Gasteiger charge is -2.05. The fourth-order valence-electron chi connectivity index (χ4n) is 2.19. The Labute approximate surface area is 173 Å². The first kappa shape index (κ1) is 22.4. The summed E-state index contributed by atoms with van der Waals surface area (Å²) in [5, 5.41) is 7.14. The molecule has 2 heterocycles. The Balaban J connectivity index is 0.000000200. The quantitative estimate of drug-likeness (QED) is 0.388. The second kappa shape index (κ2) is 10.0. The maximum atomic E-state index is 11.9. The first-order valence-corrected chi connectivity index (χ1v) is 10.6. The van der Waals surface area contributed by atoms with E-state index < -0.39 is 5.51 Å². The van der Waals surface area contributed by atoms with Gasteiger partial charge in [-0.05, 0) is 43.3 Å². The van der Waals surface area contributed by atoms with Crippen LogP contribution in [0.1, 0.15) is 16.3 Å². The molecule has 3 rings (SSSR count). The van der Waals surface area contributed by atoms with E-state index in [1.54, 1.807) is 22.7 Å². The van der Waals surface area contributed by atoms with Crippen LogP contribution in [0.15, 0.2) is 34.5 Å². The van der Waals surface area contributed by atoms with Gasteiger partial charge in [0.05, 0.1) is 21.3 Å². The van der Waals surface area contributed by atoms with Crippen LogP contribution in [0.3, 0.4) is 0 Å². The highest BCUT2D eigenvalue weighted by Gasteiger charge is 2.28. The van der Waals surface area contributed by atoms with Crippen LogP contribution in [-0.4, -0.2) is 28.8 Å². The largest absolute Gasteiger partial charge is 0.446 e. The molecule has 150 valence electrons. The third-order valence-corrected chi connectivity index (χ3v) is 6.02. The number of benzene rings is 1. The number of aryl methyl sites for hydroxylation is 2. The Hall–Kier alpha value is -1.91. The van der Waals surface area contributed by atoms with Crippen molar-refractivity contribution in [2.75, 3.05) is 12.4 Å². The predicted molar refractivity (Wildman–Crippen MR) is 110 cm³/mol. The normalized spacial score (nSPS) is 10.9. The maximum Gasteiger partial charge on any atom is 0.446 e. The van der Waals surface area contributed by atoms with E-state index in [9.17, 15) is 18.0 Å². The number of carbonyl (C=O) groups is 1. The smallest absolute Gasteiger partial charge is 0.365 e. The van der Waals surface area contributed by atoms with Gasteiger partial charge in [-0.25, -0.2) is 9.97 Å². The molecule has 0 bridgehead atoms. The van der Waals surface area contributed by atoms with E-state index >= 15 is 0 Å². The van der Waals surface area contributed by atoms with Gasteiger partial charge in [-0.3, -0.25) is 0 Å². The van der Waals surface area contributed by atoms with Crippen molar-refractivity contribution in [3.05, 3.63) is 45.9 Å². The van der Waals surface area contributed by atoms with Gasteiger partial charge in [0.2, 0.25) is 0 Å². The third kappa shape index (κ3) is 6.92. The number of alkyl halides is 3. The Kier molecular flexibility index (Phi) is 8.02. The number of aldehydes is 1. The van der Waals surface area contributed by atoms with E-state index in [2.05, 4.69) is 20.7 Å². The van der Waals surface area contributed by atoms with E-state index in [1.807, 2.05) is 20.9 Å². The van der Waals surface area contributed by atoms with Crippen LogP contribution in [0.5, 0.6) is 0 Å². The van der Waals surface area contributed by atoms with E-state index in [-0.39, 0.29) is 23.1 Å². The molecule has 1 N–H and O–H groups in total. The maximum absolute atomic E-state index is 11.9. The first-order chi connectivity index (χ1) is 13.2. The van der Waals surface area contributed by atoms with Crippen LogP contribution in [0.4, 0.5) is 18.3 Å². The summed E-state index contributed by atoms with van der Waals surface area (Å²) < 4.78 is 35.7. The van der Waals surface area contributed by atoms with Gasteiger partial charge in [0.1, 0.15) is 6.29 Å². The molecule has 0 saturated heterocycles. The Morgan fingerprint density at radius 2 is 1.86 bits per heavy atom. The highest BCUT2D eigenvalue weighted by atomic mass is 32.2. The third-order valence-electron chi connectivity index (χ3n) is 3.33. The summed E-state index contributed by atoms with van der Waals surface area (Å²) in [6, 6.07) is 5.75. The van der Waals surface area contributed by atoms with Crippen molar-refractivity contribution in [3.63, 3.8) is 0 Å². The molecular weight excluding hydrogens is 427 g/mol. The molecule has 10 heteroatoms. The Morgan fingerprint density at radius 1 is 1.18 bits per heavy atom. The molecule has 0 aliphatic rings. The summed E-state index contributed by atoms with van der Waals surface area (Å²) >= 11 is 3.15. The van der Waals surface area contributed by atoms with E-state index in [0.717, 1.165) is 21.5 Å². The zero-order valence-corrected chi connectivity index (χ0v) is 17.8. The summed E-state index contributed by atoms with van der Waals surface area (Å²) in [4.78, 5) is 20.3. The van der Waals surface area contributed by atoms with Crippen molar-refractivity contribution < 1.29 is 18.0 Å². The Morgan fingerprint density at radius 3 is 2.32 bits per heavy atom. The van der Waals surface area contributed by atoms with Gasteiger partial charge < -0.3 is 10.1 Å². The lowest BCUT2D eigenvalue weighted by atomic mass is 10.2. The number of rotatable bonds is 5. The molecule has 0 radical (unpaired) electrons. The van der Waals surface area contributed by atoms with Gasteiger partial charge in [0.15, 0.2) is 5.13 Å². The van der Waals surface area contributed by atoms with Crippen molar-refractivity contribution in [3.8, 4) is 10.6 Å². The standard InChI is InChI=1S/C9H7F3OS.C9H11N3S2/c10-9(11,12)14-8-3-1-7(2-4-8)5-6-13;1-5-8(14-6(2)11-5)7-4-13-9(10-3)12-7/h1-4,6H,5H2;4H,1-3H3,(H,10,12). The number of carbonyl (C=O) groups excluding carboxylic acids is 1. The molecule has 0 saturated carbocycles. The molecule has 0 unspecified atom stereocenters. The SMILES string of the molecule is CNc1nc(-c2sc(C)nc2C)cs1.O=CCc1ccc(SC(F)(F)F)cc1. The van der Waals surface area contributed by atoms with Gasteiger partial charge in [-0.1, -0.05) is 12.1 Å². The van der Waals surface area contributed by atoms with Gasteiger partial charge in [-0.2, -0.15) is 13.2 Å². The molecule has 0 aliphatic carbocycles. The van der Waals surface area contributed by atoms with Crippen molar-refractivity contribution >= 4 is 45.9 Å². The molecule has 0 fully saturated rings. The highest BCUT2D eigenvalue weighted by Crippen LogP contribution is 2.36. The lowest BCUT2D eigenvalue weighted by Crippen LogP contribution is -1.98. The van der Waals surface area contributed by atoms with Crippen LogP contribution in [-0.2, 0) is 11.2 Å². The van der Waals surface area contributed by atoms with Crippen LogP contribution in [0.25, 0.3) is 10.6 Å². The lowest BCUT2D eigenvalue weighted by molar-refractivity contribution is -0.107. The molecule has 28 heavy (non-hydrogen) atoms. The molecule has 0 amide bonds. The summed E-state index contributed by atoms with van der Waals surface area (Å²) in [6.07, 6.45) is 0.947. The second-order valence-electron chi connectivity index (χ2n) is 5.50. The molecule has 3 aromatic rings. The topological polar surface area (TPSA) is 54.9 Å². The van der Waals surface area contributed by atoms with Crippen molar-refractivity contribution in [2.45, 2.75) is 30.7 Å². The van der Waals surface area contributed by atoms with Crippen molar-refractivity contribution in [1.82, 2.24) is 9.97 Å². The van der Waals surface area contributed by atoms with E-state index in [4.69, 9.17) is 0 Å². The van der Waals surface area contributed by atoms with E-state index in [1.165, 1.54) is 29.1 Å². The van der Waals surface area contributed by atoms with Crippen molar-refractivity contribution in [2.24, 2.45) is 0 Å². The number of thiazole rings is 2. The zero-order valence-electron chi connectivity index (χ0n) is 15.3. The molecule has 0 atom stereocenters. The molecule has 4 nitrogen and oxygen atoms in total. The fraction of sp³-hybridized carbons (Fsp3) is 0.278. The van der Waals surface area contributed by atoms with Gasteiger partial charge in [-0.15, -0.1) is 22.7 Å². The number of thioether (sulfide) groups is 1. The number of nitrogens with zero attached hydrogens (tertiary/aromatic N) is 2. The second-order valence-corrected chi connectivity index (χ2v) is 8.70. The van der Waals surface area contributed by atoms with Crippen LogP contribution in [0, 0.1) is 13.8 Å². The number of halogens is 3. The predicted octanol–water partition coefficient (Wildman–Crippen LogP) is 5.97. The molecule has 2 aromatic heterocycles. The molecule has 0 aliphatic heterocycles. The van der Waals surface area contributed by atoms with E-state index in [0.29, 0.717) is 11.8 Å². The van der Waals surface area contributed by atoms with Crippen molar-refractivity contribution in [1.29, 1.82) is 0 Å². The molecule has 1 aromatic carbocycles. The summed E-state index contributed by atoms with van der Waals surface area (Å²) in [5.41, 5.74) is -1.44. The number of aromatic nitrogens is 2. The molecule has 0 spiro atoms. The minimum absolute atomic E-state index is 0.132. The summed E-state index contributed by atoms with van der Waals surface area (Å²) in [5.74, 6) is 0. The van der Waals surface area contributed by atoms with Gasteiger partial charge in [0, 0.05) is 23.7 Å². The average molecular weight is 446 g/mol. The minimum Gasteiger partial charge on any atom is -0.365 e. The Bertz CT molecular complexity index is 905. The number of hydrogen-bond donors (Lipinski definition) is 1. The molecular formula is C18H18F3N3OS3. The van der Waals surface area contributed by atoms with Gasteiger partial charge in [0.25, 0.3) is 0 Å². The van der Waals surface area contributed by atoms with Crippen LogP contribution < -0.4 is 5.32 Å².